The summed E-state index contributed by atoms with van der Waals surface area (Å²) in [5, 5.41) is 10.2. The third-order valence-corrected chi connectivity index (χ3v) is 5.10. The lowest BCUT2D eigenvalue weighted by Gasteiger charge is -2.38. The summed E-state index contributed by atoms with van der Waals surface area (Å²) < 4.78 is 5.60. The van der Waals surface area contributed by atoms with Crippen molar-refractivity contribution in [3.8, 4) is 10.4 Å². The Balaban J connectivity index is 2.10. The number of carboxylic acids is 1. The lowest BCUT2D eigenvalue weighted by atomic mass is 9.80. The summed E-state index contributed by atoms with van der Waals surface area (Å²) in [6.45, 7) is 0. The van der Waals surface area contributed by atoms with Crippen molar-refractivity contribution in [2.45, 2.75) is 24.9 Å². The number of carboxylic acid groups (broad SMARTS) is 1. The topological polar surface area (TPSA) is 59.4 Å². The van der Waals surface area contributed by atoms with Crippen LogP contribution in [0.1, 0.15) is 34.8 Å². The highest BCUT2D eigenvalue weighted by Crippen LogP contribution is 2.47. The molecular weight excluding hydrogens is 274 g/mol. The maximum Gasteiger partial charge on any atom is 0.356 e. The zero-order chi connectivity index (χ0) is 14.2. The van der Waals surface area contributed by atoms with E-state index in [0.717, 1.165) is 29.8 Å². The first-order chi connectivity index (χ1) is 9.66. The number of ether oxygens (including phenoxy) is 1. The number of aromatic nitrogens is 1. The van der Waals surface area contributed by atoms with Gasteiger partial charge in [0.05, 0.1) is 4.88 Å². The van der Waals surface area contributed by atoms with E-state index in [2.05, 4.69) is 4.98 Å². The first-order valence-electron chi connectivity index (χ1n) is 6.51. The van der Waals surface area contributed by atoms with E-state index in [-0.39, 0.29) is 11.3 Å². The van der Waals surface area contributed by atoms with Crippen molar-refractivity contribution in [1.82, 2.24) is 4.98 Å². The van der Waals surface area contributed by atoms with Gasteiger partial charge in [0.2, 0.25) is 0 Å². The van der Waals surface area contributed by atoms with Gasteiger partial charge in [-0.1, -0.05) is 30.3 Å². The fraction of sp³-hybridized carbons (Fsp3) is 0.333. The fourth-order valence-electron chi connectivity index (χ4n) is 2.45. The molecule has 2 aromatic rings. The number of rotatable bonds is 4. The Morgan fingerprint density at radius 3 is 2.55 bits per heavy atom. The van der Waals surface area contributed by atoms with Crippen LogP contribution >= 0.6 is 11.3 Å². The largest absolute Gasteiger partial charge is 0.476 e. The molecule has 0 radical (unpaired) electrons. The van der Waals surface area contributed by atoms with Crippen LogP contribution in [0.4, 0.5) is 0 Å². The van der Waals surface area contributed by atoms with Crippen molar-refractivity contribution < 1.29 is 14.6 Å². The highest BCUT2D eigenvalue weighted by atomic mass is 32.1. The Labute approximate surface area is 121 Å². The number of methoxy groups -OCH3 is 1. The zero-order valence-electron chi connectivity index (χ0n) is 11.1. The van der Waals surface area contributed by atoms with E-state index in [1.165, 1.54) is 11.3 Å². The van der Waals surface area contributed by atoms with E-state index in [9.17, 15) is 9.90 Å². The number of hydrogen-bond donors (Lipinski definition) is 1. The van der Waals surface area contributed by atoms with Gasteiger partial charge in [-0.2, -0.15) is 0 Å². The van der Waals surface area contributed by atoms with Gasteiger partial charge < -0.3 is 9.84 Å². The normalized spacial score (nSPS) is 16.6. The summed E-state index contributed by atoms with van der Waals surface area (Å²) >= 11 is 1.43. The number of benzene rings is 1. The summed E-state index contributed by atoms with van der Waals surface area (Å²) in [6.07, 6.45) is 2.91. The van der Waals surface area contributed by atoms with Crippen molar-refractivity contribution >= 4 is 17.3 Å². The molecule has 0 amide bonds. The molecule has 1 heterocycles. The highest BCUT2D eigenvalue weighted by Gasteiger charge is 2.42. The molecule has 1 aromatic carbocycles. The minimum Gasteiger partial charge on any atom is -0.476 e. The number of thiazole rings is 1. The van der Waals surface area contributed by atoms with E-state index in [0.29, 0.717) is 4.88 Å². The molecule has 0 atom stereocenters. The Kier molecular flexibility index (Phi) is 3.31. The van der Waals surface area contributed by atoms with Gasteiger partial charge in [0.15, 0.2) is 5.69 Å². The lowest BCUT2D eigenvalue weighted by molar-refractivity contribution is -0.0779. The van der Waals surface area contributed by atoms with Gasteiger partial charge in [-0.05, 0) is 24.8 Å². The van der Waals surface area contributed by atoms with Gasteiger partial charge in [0.1, 0.15) is 10.6 Å². The molecular formula is C15H15NO3S. The van der Waals surface area contributed by atoms with Crippen molar-refractivity contribution in [1.29, 1.82) is 0 Å². The third kappa shape index (κ3) is 2.03. The SMILES string of the molecule is COC1(c2nc(C(=O)O)c(-c3ccccc3)s2)CCC1. The average molecular weight is 289 g/mol. The molecule has 1 N–H and O–H groups in total. The summed E-state index contributed by atoms with van der Waals surface area (Å²) in [6, 6.07) is 9.52. The number of nitrogens with zero attached hydrogens (tertiary/aromatic N) is 1. The second-order valence-electron chi connectivity index (χ2n) is 4.92. The van der Waals surface area contributed by atoms with Gasteiger partial charge in [-0.15, -0.1) is 11.3 Å². The molecule has 0 spiro atoms. The molecule has 1 aromatic heterocycles. The molecule has 3 rings (SSSR count). The first kappa shape index (κ1) is 13.3. The molecule has 1 aliphatic rings. The lowest BCUT2D eigenvalue weighted by Crippen LogP contribution is -2.36. The molecule has 1 aliphatic carbocycles. The molecule has 5 heteroatoms. The first-order valence-corrected chi connectivity index (χ1v) is 7.33. The third-order valence-electron chi connectivity index (χ3n) is 3.81. The standard InChI is InChI=1S/C15H15NO3S/c1-19-15(8-5-9-15)14-16-11(13(17)18)12(20-14)10-6-3-2-4-7-10/h2-4,6-7H,5,8-9H2,1H3,(H,17,18). The summed E-state index contributed by atoms with van der Waals surface area (Å²) in [7, 11) is 1.67. The van der Waals surface area contributed by atoms with Gasteiger partial charge >= 0.3 is 5.97 Å². The van der Waals surface area contributed by atoms with Crippen LogP contribution in [-0.2, 0) is 10.3 Å². The van der Waals surface area contributed by atoms with Crippen LogP contribution in [0.5, 0.6) is 0 Å². The van der Waals surface area contributed by atoms with Crippen molar-refractivity contribution in [3.63, 3.8) is 0 Å². The molecule has 1 saturated carbocycles. The Morgan fingerprint density at radius 1 is 1.35 bits per heavy atom. The van der Waals surface area contributed by atoms with Gasteiger partial charge in [-0.25, -0.2) is 9.78 Å². The summed E-state index contributed by atoms with van der Waals surface area (Å²) in [5.41, 5.74) is 0.640. The van der Waals surface area contributed by atoms with Crippen LogP contribution in [0, 0.1) is 0 Å². The molecule has 0 saturated heterocycles. The monoisotopic (exact) mass is 289 g/mol. The predicted octanol–water partition coefficient (Wildman–Crippen LogP) is 3.53. The smallest absolute Gasteiger partial charge is 0.356 e. The van der Waals surface area contributed by atoms with Crippen LogP contribution in [0.2, 0.25) is 0 Å². The van der Waals surface area contributed by atoms with E-state index < -0.39 is 5.97 Å². The van der Waals surface area contributed by atoms with Crippen molar-refractivity contribution in [2.24, 2.45) is 0 Å². The summed E-state index contributed by atoms with van der Waals surface area (Å²) in [4.78, 5) is 16.5. The fourth-order valence-corrected chi connectivity index (χ4v) is 3.74. The zero-order valence-corrected chi connectivity index (χ0v) is 11.9. The van der Waals surface area contributed by atoms with E-state index in [4.69, 9.17) is 4.74 Å². The average Bonchev–Trinajstić information content (AvgIpc) is 2.85. The molecule has 0 bridgehead atoms. The van der Waals surface area contributed by atoms with E-state index in [1.54, 1.807) is 7.11 Å². The number of aromatic carboxylic acids is 1. The van der Waals surface area contributed by atoms with Crippen LogP contribution < -0.4 is 0 Å². The van der Waals surface area contributed by atoms with Gasteiger partial charge in [0, 0.05) is 7.11 Å². The second-order valence-corrected chi connectivity index (χ2v) is 5.92. The molecule has 0 unspecified atom stereocenters. The van der Waals surface area contributed by atoms with Crippen LogP contribution in [0.15, 0.2) is 30.3 Å². The number of carbonyl (C=O) groups is 1. The van der Waals surface area contributed by atoms with Crippen LogP contribution in [-0.4, -0.2) is 23.2 Å². The molecule has 104 valence electrons. The maximum atomic E-state index is 11.4. The molecule has 0 aliphatic heterocycles. The Bertz CT molecular complexity index is 626. The maximum absolute atomic E-state index is 11.4. The predicted molar refractivity (Wildman–Crippen MR) is 77.0 cm³/mol. The van der Waals surface area contributed by atoms with E-state index in [1.807, 2.05) is 30.3 Å². The van der Waals surface area contributed by atoms with Crippen LogP contribution in [0.25, 0.3) is 10.4 Å². The minimum absolute atomic E-state index is 0.125. The van der Waals surface area contributed by atoms with Gasteiger partial charge in [-0.3, -0.25) is 0 Å². The number of hydrogen-bond acceptors (Lipinski definition) is 4. The molecule has 20 heavy (non-hydrogen) atoms. The Hall–Kier alpha value is -1.72. The van der Waals surface area contributed by atoms with Gasteiger partial charge in [0.25, 0.3) is 0 Å². The van der Waals surface area contributed by atoms with E-state index >= 15 is 0 Å². The Morgan fingerprint density at radius 2 is 2.05 bits per heavy atom. The highest BCUT2D eigenvalue weighted by molar-refractivity contribution is 7.15. The minimum atomic E-state index is -0.989. The van der Waals surface area contributed by atoms with Crippen LogP contribution in [0.3, 0.4) is 0 Å². The van der Waals surface area contributed by atoms with Crippen molar-refractivity contribution in [3.05, 3.63) is 41.0 Å². The van der Waals surface area contributed by atoms with Crippen molar-refractivity contribution in [2.75, 3.05) is 7.11 Å². The summed E-state index contributed by atoms with van der Waals surface area (Å²) in [5.74, 6) is -0.989. The second kappa shape index (κ2) is 5.00. The molecule has 4 nitrogen and oxygen atoms in total. The quantitative estimate of drug-likeness (QED) is 0.935. The molecule has 1 fully saturated rings.